The summed E-state index contributed by atoms with van der Waals surface area (Å²) in [7, 11) is 0. The first-order chi connectivity index (χ1) is 9.54. The van der Waals surface area contributed by atoms with E-state index in [1.54, 1.807) is 0 Å². The van der Waals surface area contributed by atoms with E-state index in [4.69, 9.17) is 5.11 Å². The number of carboxylic acids is 1. The summed E-state index contributed by atoms with van der Waals surface area (Å²) in [5.41, 5.74) is 0.0392. The van der Waals surface area contributed by atoms with Crippen LogP contribution in [0.2, 0.25) is 0 Å². The molecule has 0 aromatic carbocycles. The third-order valence-corrected chi connectivity index (χ3v) is 4.66. The number of amides is 2. The zero-order chi connectivity index (χ0) is 14.6. The molecule has 0 unspecified atom stereocenters. The summed E-state index contributed by atoms with van der Waals surface area (Å²) < 4.78 is 0. The van der Waals surface area contributed by atoms with E-state index in [-0.39, 0.29) is 18.0 Å². The summed E-state index contributed by atoms with van der Waals surface area (Å²) in [6, 6.07) is 0.0458. The van der Waals surface area contributed by atoms with E-state index in [1.165, 1.54) is 6.42 Å². The van der Waals surface area contributed by atoms with Gasteiger partial charge in [-0.1, -0.05) is 6.92 Å². The van der Waals surface area contributed by atoms with Gasteiger partial charge >= 0.3 is 12.0 Å². The van der Waals surface area contributed by atoms with Crippen molar-refractivity contribution in [3.05, 3.63) is 0 Å². The molecule has 1 heterocycles. The van der Waals surface area contributed by atoms with Crippen LogP contribution < -0.4 is 5.32 Å². The maximum Gasteiger partial charge on any atom is 0.317 e. The summed E-state index contributed by atoms with van der Waals surface area (Å²) in [6.07, 6.45) is 4.56. The summed E-state index contributed by atoms with van der Waals surface area (Å²) in [6.45, 7) is 5.60. The van der Waals surface area contributed by atoms with Crippen LogP contribution in [0, 0.1) is 0 Å². The number of carbonyl (C=O) groups is 2. The van der Waals surface area contributed by atoms with E-state index in [1.807, 2.05) is 4.90 Å². The Morgan fingerprint density at radius 3 is 2.30 bits per heavy atom. The van der Waals surface area contributed by atoms with Crippen molar-refractivity contribution >= 4 is 12.0 Å². The van der Waals surface area contributed by atoms with Crippen LogP contribution in [0.3, 0.4) is 0 Å². The van der Waals surface area contributed by atoms with Gasteiger partial charge < -0.3 is 15.3 Å². The average Bonchev–Trinajstić information content (AvgIpc) is 2.41. The Morgan fingerprint density at radius 1 is 1.20 bits per heavy atom. The first-order valence-electron chi connectivity index (χ1n) is 7.56. The van der Waals surface area contributed by atoms with Crippen molar-refractivity contribution < 1.29 is 14.7 Å². The SMILES string of the molecule is CCC1(NC(=O)N2CCN(CCC(=O)O)CC2)CCC1. The zero-order valence-corrected chi connectivity index (χ0v) is 12.2. The molecular weight excluding hydrogens is 258 g/mol. The molecule has 1 aliphatic carbocycles. The van der Waals surface area contributed by atoms with Gasteiger partial charge in [-0.25, -0.2) is 4.79 Å². The Labute approximate surface area is 120 Å². The molecule has 114 valence electrons. The molecule has 0 bridgehead atoms. The van der Waals surface area contributed by atoms with Crippen molar-refractivity contribution in [1.29, 1.82) is 0 Å². The van der Waals surface area contributed by atoms with Gasteiger partial charge in [-0.3, -0.25) is 9.69 Å². The minimum absolute atomic E-state index is 0.0392. The van der Waals surface area contributed by atoms with Gasteiger partial charge in [0.15, 0.2) is 0 Å². The van der Waals surface area contributed by atoms with E-state index in [2.05, 4.69) is 17.1 Å². The molecule has 6 nitrogen and oxygen atoms in total. The van der Waals surface area contributed by atoms with Crippen LogP contribution in [0.4, 0.5) is 4.79 Å². The minimum Gasteiger partial charge on any atom is -0.481 e. The molecule has 1 saturated heterocycles. The number of hydrogen-bond acceptors (Lipinski definition) is 3. The molecule has 0 radical (unpaired) electrons. The number of carboxylic acid groups (broad SMARTS) is 1. The fourth-order valence-corrected chi connectivity index (χ4v) is 2.90. The Bertz CT molecular complexity index is 355. The molecule has 0 spiro atoms. The Balaban J connectivity index is 1.73. The Morgan fingerprint density at radius 2 is 1.85 bits per heavy atom. The highest BCUT2D eigenvalue weighted by Crippen LogP contribution is 2.34. The van der Waals surface area contributed by atoms with E-state index >= 15 is 0 Å². The molecule has 2 N–H and O–H groups in total. The third kappa shape index (κ3) is 3.62. The van der Waals surface area contributed by atoms with Crippen molar-refractivity contribution in [2.75, 3.05) is 32.7 Å². The van der Waals surface area contributed by atoms with Crippen LogP contribution in [0.15, 0.2) is 0 Å². The molecular formula is C14H25N3O3. The summed E-state index contributed by atoms with van der Waals surface area (Å²) >= 11 is 0. The molecule has 0 atom stereocenters. The summed E-state index contributed by atoms with van der Waals surface area (Å²) in [4.78, 5) is 26.7. The predicted molar refractivity (Wildman–Crippen MR) is 75.7 cm³/mol. The lowest BCUT2D eigenvalue weighted by Crippen LogP contribution is -2.59. The van der Waals surface area contributed by atoms with Gasteiger partial charge in [-0.2, -0.15) is 0 Å². The monoisotopic (exact) mass is 283 g/mol. The third-order valence-electron chi connectivity index (χ3n) is 4.66. The molecule has 20 heavy (non-hydrogen) atoms. The Kier molecular flexibility index (Phi) is 4.86. The molecule has 2 rings (SSSR count). The Hall–Kier alpha value is -1.30. The standard InChI is InChI=1S/C14H25N3O3/c1-2-14(5-3-6-14)15-13(20)17-10-8-16(9-11-17)7-4-12(18)19/h2-11H2,1H3,(H,15,20)(H,18,19). The number of aliphatic carboxylic acids is 1. The second-order valence-electron chi connectivity index (χ2n) is 5.89. The number of rotatable bonds is 5. The molecule has 0 aromatic rings. The predicted octanol–water partition coefficient (Wildman–Crippen LogP) is 1.12. The summed E-state index contributed by atoms with van der Waals surface area (Å²) in [5.74, 6) is -0.764. The summed E-state index contributed by atoms with van der Waals surface area (Å²) in [5, 5.41) is 11.9. The van der Waals surface area contributed by atoms with Gasteiger partial charge in [0.2, 0.25) is 0 Å². The fraction of sp³-hybridized carbons (Fsp3) is 0.857. The topological polar surface area (TPSA) is 72.9 Å². The van der Waals surface area contributed by atoms with E-state index in [9.17, 15) is 9.59 Å². The fourth-order valence-electron chi connectivity index (χ4n) is 2.90. The highest BCUT2D eigenvalue weighted by atomic mass is 16.4. The molecule has 0 aromatic heterocycles. The van der Waals surface area contributed by atoms with Crippen LogP contribution in [-0.2, 0) is 4.79 Å². The molecule has 2 aliphatic rings. The van der Waals surface area contributed by atoms with Gasteiger partial charge in [0.05, 0.1) is 6.42 Å². The highest BCUT2D eigenvalue weighted by Gasteiger charge is 2.37. The zero-order valence-electron chi connectivity index (χ0n) is 12.2. The van der Waals surface area contributed by atoms with Gasteiger partial charge in [0.1, 0.15) is 0 Å². The number of urea groups is 1. The molecule has 6 heteroatoms. The maximum atomic E-state index is 12.2. The van der Waals surface area contributed by atoms with E-state index in [0.29, 0.717) is 19.6 Å². The lowest BCUT2D eigenvalue weighted by atomic mass is 9.75. The number of nitrogens with zero attached hydrogens (tertiary/aromatic N) is 2. The molecule has 1 aliphatic heterocycles. The molecule has 2 fully saturated rings. The average molecular weight is 283 g/mol. The maximum absolute atomic E-state index is 12.2. The van der Waals surface area contributed by atoms with Gasteiger partial charge in [-0.05, 0) is 25.7 Å². The van der Waals surface area contributed by atoms with Crippen LogP contribution in [0.1, 0.15) is 39.0 Å². The van der Waals surface area contributed by atoms with Crippen LogP contribution in [-0.4, -0.2) is 65.2 Å². The van der Waals surface area contributed by atoms with Crippen LogP contribution in [0.25, 0.3) is 0 Å². The molecule has 2 amide bonds. The van der Waals surface area contributed by atoms with Crippen molar-refractivity contribution in [1.82, 2.24) is 15.1 Å². The van der Waals surface area contributed by atoms with E-state index in [0.717, 1.165) is 32.4 Å². The van der Waals surface area contributed by atoms with Crippen LogP contribution >= 0.6 is 0 Å². The largest absolute Gasteiger partial charge is 0.481 e. The van der Waals surface area contributed by atoms with Crippen molar-refractivity contribution in [2.45, 2.75) is 44.6 Å². The van der Waals surface area contributed by atoms with E-state index < -0.39 is 5.97 Å². The molecule has 1 saturated carbocycles. The number of hydrogen-bond donors (Lipinski definition) is 2. The minimum atomic E-state index is -0.764. The lowest BCUT2D eigenvalue weighted by Gasteiger charge is -2.44. The smallest absolute Gasteiger partial charge is 0.317 e. The van der Waals surface area contributed by atoms with Crippen molar-refractivity contribution in [3.8, 4) is 0 Å². The van der Waals surface area contributed by atoms with Gasteiger partial charge in [0, 0.05) is 38.3 Å². The van der Waals surface area contributed by atoms with Gasteiger partial charge in [0.25, 0.3) is 0 Å². The van der Waals surface area contributed by atoms with Crippen molar-refractivity contribution in [2.24, 2.45) is 0 Å². The number of nitrogens with one attached hydrogen (secondary N) is 1. The second-order valence-corrected chi connectivity index (χ2v) is 5.89. The highest BCUT2D eigenvalue weighted by molar-refractivity contribution is 5.75. The number of carbonyl (C=O) groups excluding carboxylic acids is 1. The van der Waals surface area contributed by atoms with Crippen molar-refractivity contribution in [3.63, 3.8) is 0 Å². The first-order valence-corrected chi connectivity index (χ1v) is 7.56. The van der Waals surface area contributed by atoms with Gasteiger partial charge in [-0.15, -0.1) is 0 Å². The lowest BCUT2D eigenvalue weighted by molar-refractivity contribution is -0.137. The normalized spacial score (nSPS) is 22.1. The van der Waals surface area contributed by atoms with Crippen LogP contribution in [0.5, 0.6) is 0 Å². The number of piperazine rings is 1. The first kappa shape index (κ1) is 15.1. The quantitative estimate of drug-likeness (QED) is 0.793. The second kappa shape index (κ2) is 6.43.